The minimum atomic E-state index is -3.11. The van der Waals surface area contributed by atoms with Crippen LogP contribution in [0.4, 0.5) is 4.79 Å². The number of benzene rings is 1. The molecule has 8 heteroatoms. The van der Waals surface area contributed by atoms with Crippen molar-refractivity contribution in [3.8, 4) is 5.75 Å². The summed E-state index contributed by atoms with van der Waals surface area (Å²) in [5.41, 5.74) is 0. The Hall–Kier alpha value is -1.80. The summed E-state index contributed by atoms with van der Waals surface area (Å²) in [5.74, 6) is 1.04. The SMILES string of the molecule is CN(C)C(=O)N1CCN(CCCOc2ccccc2)C2CS(=O)(=O)CC21. The average molecular weight is 381 g/mol. The number of carbonyl (C=O) groups excluding carboxylic acids is 1. The molecule has 0 aliphatic carbocycles. The van der Waals surface area contributed by atoms with E-state index in [-0.39, 0.29) is 29.6 Å². The van der Waals surface area contributed by atoms with Crippen LogP contribution in [-0.2, 0) is 9.84 Å². The van der Waals surface area contributed by atoms with Crippen molar-refractivity contribution in [1.82, 2.24) is 14.7 Å². The van der Waals surface area contributed by atoms with E-state index in [4.69, 9.17) is 4.74 Å². The Balaban J connectivity index is 1.58. The van der Waals surface area contributed by atoms with Gasteiger partial charge in [-0.05, 0) is 18.6 Å². The normalized spacial score (nSPS) is 24.9. The molecule has 0 saturated carbocycles. The van der Waals surface area contributed by atoms with Gasteiger partial charge in [0.05, 0.1) is 24.2 Å². The first-order chi connectivity index (χ1) is 12.4. The van der Waals surface area contributed by atoms with E-state index in [9.17, 15) is 13.2 Å². The van der Waals surface area contributed by atoms with Crippen molar-refractivity contribution in [1.29, 1.82) is 0 Å². The topological polar surface area (TPSA) is 70.2 Å². The molecule has 26 heavy (non-hydrogen) atoms. The molecule has 0 spiro atoms. The first-order valence-electron chi connectivity index (χ1n) is 8.97. The number of fused-ring (bicyclic) bond motifs is 1. The number of urea groups is 1. The summed E-state index contributed by atoms with van der Waals surface area (Å²) in [7, 11) is 0.292. The summed E-state index contributed by atoms with van der Waals surface area (Å²) in [6.07, 6.45) is 0.819. The molecular formula is C18H27N3O4S. The van der Waals surface area contributed by atoms with Gasteiger partial charge in [-0.2, -0.15) is 0 Å². The highest BCUT2D eigenvalue weighted by molar-refractivity contribution is 7.91. The van der Waals surface area contributed by atoms with Gasteiger partial charge in [-0.3, -0.25) is 4.90 Å². The van der Waals surface area contributed by atoms with E-state index in [1.165, 1.54) is 4.90 Å². The van der Waals surface area contributed by atoms with E-state index in [2.05, 4.69) is 4.90 Å². The van der Waals surface area contributed by atoms with Gasteiger partial charge in [-0.25, -0.2) is 13.2 Å². The highest BCUT2D eigenvalue weighted by Gasteiger charge is 2.48. The first kappa shape index (κ1) is 19.0. The summed E-state index contributed by atoms with van der Waals surface area (Å²) >= 11 is 0. The highest BCUT2D eigenvalue weighted by Crippen LogP contribution is 2.27. The number of para-hydroxylation sites is 1. The maximum Gasteiger partial charge on any atom is 0.319 e. The lowest BCUT2D eigenvalue weighted by Crippen LogP contribution is -2.62. The zero-order valence-electron chi connectivity index (χ0n) is 15.4. The van der Waals surface area contributed by atoms with Gasteiger partial charge in [0.1, 0.15) is 5.75 Å². The van der Waals surface area contributed by atoms with Crippen molar-refractivity contribution in [2.24, 2.45) is 0 Å². The third kappa shape index (κ3) is 4.29. The summed E-state index contributed by atoms with van der Waals surface area (Å²) < 4.78 is 30.1. The van der Waals surface area contributed by atoms with E-state index in [0.717, 1.165) is 18.7 Å². The van der Waals surface area contributed by atoms with E-state index >= 15 is 0 Å². The molecular weight excluding hydrogens is 354 g/mol. The Morgan fingerprint density at radius 1 is 1.15 bits per heavy atom. The lowest BCUT2D eigenvalue weighted by molar-refractivity contribution is 0.0536. The van der Waals surface area contributed by atoms with Crippen molar-refractivity contribution in [3.63, 3.8) is 0 Å². The minimum Gasteiger partial charge on any atom is -0.494 e. The lowest BCUT2D eigenvalue weighted by atomic mass is 10.0. The van der Waals surface area contributed by atoms with Crippen LogP contribution in [0.15, 0.2) is 30.3 Å². The molecule has 2 aliphatic heterocycles. The molecule has 0 N–H and O–H groups in total. The summed E-state index contributed by atoms with van der Waals surface area (Å²) in [6.45, 7) is 2.62. The predicted molar refractivity (Wildman–Crippen MR) is 100 cm³/mol. The fourth-order valence-corrected chi connectivity index (χ4v) is 5.78. The Morgan fingerprint density at radius 2 is 1.85 bits per heavy atom. The molecule has 2 fully saturated rings. The summed E-state index contributed by atoms with van der Waals surface area (Å²) in [4.78, 5) is 17.9. The maximum atomic E-state index is 12.4. The standard InChI is InChI=1S/C18H27N3O4S/c1-19(2)18(22)21-11-10-20(16-13-26(23,24)14-17(16)21)9-6-12-25-15-7-4-3-5-8-15/h3-5,7-8,16-17H,6,9-14H2,1-2H3. The molecule has 1 aromatic carbocycles. The minimum absolute atomic E-state index is 0.0638. The molecule has 2 amide bonds. The number of hydrogen-bond acceptors (Lipinski definition) is 5. The second-order valence-corrected chi connectivity index (χ2v) is 9.29. The largest absolute Gasteiger partial charge is 0.494 e. The van der Waals surface area contributed by atoms with Crippen molar-refractivity contribution in [3.05, 3.63) is 30.3 Å². The van der Waals surface area contributed by atoms with Gasteiger partial charge in [0.25, 0.3) is 0 Å². The number of sulfone groups is 1. The Morgan fingerprint density at radius 3 is 2.54 bits per heavy atom. The van der Waals surface area contributed by atoms with Gasteiger partial charge >= 0.3 is 6.03 Å². The van der Waals surface area contributed by atoms with E-state index in [0.29, 0.717) is 19.7 Å². The number of ether oxygens (including phenoxy) is 1. The van der Waals surface area contributed by atoms with E-state index in [1.54, 1.807) is 19.0 Å². The zero-order valence-corrected chi connectivity index (χ0v) is 16.2. The third-order valence-electron chi connectivity index (χ3n) is 5.02. The fraction of sp³-hybridized carbons (Fsp3) is 0.611. The van der Waals surface area contributed by atoms with Crippen LogP contribution in [-0.4, -0.2) is 93.1 Å². The Labute approximate surface area is 155 Å². The van der Waals surface area contributed by atoms with Crippen LogP contribution in [0, 0.1) is 0 Å². The van der Waals surface area contributed by atoms with Crippen LogP contribution < -0.4 is 4.74 Å². The number of hydrogen-bond donors (Lipinski definition) is 0. The number of piperazine rings is 1. The van der Waals surface area contributed by atoms with Gasteiger partial charge in [-0.15, -0.1) is 0 Å². The number of carbonyl (C=O) groups is 1. The quantitative estimate of drug-likeness (QED) is 0.710. The van der Waals surface area contributed by atoms with Crippen LogP contribution in [0.25, 0.3) is 0 Å². The van der Waals surface area contributed by atoms with Crippen molar-refractivity contribution in [2.45, 2.75) is 18.5 Å². The monoisotopic (exact) mass is 381 g/mol. The maximum absolute atomic E-state index is 12.4. The molecule has 0 radical (unpaired) electrons. The fourth-order valence-electron chi connectivity index (χ4n) is 3.77. The van der Waals surface area contributed by atoms with Crippen LogP contribution in [0.5, 0.6) is 5.75 Å². The van der Waals surface area contributed by atoms with Gasteiger partial charge < -0.3 is 14.5 Å². The molecule has 2 heterocycles. The Kier molecular flexibility index (Phi) is 5.72. The number of nitrogens with zero attached hydrogens (tertiary/aromatic N) is 3. The Bertz CT molecular complexity index is 723. The van der Waals surface area contributed by atoms with Crippen molar-refractivity contribution in [2.75, 3.05) is 51.8 Å². The zero-order chi connectivity index (χ0) is 18.7. The van der Waals surface area contributed by atoms with Crippen LogP contribution in [0.1, 0.15) is 6.42 Å². The van der Waals surface area contributed by atoms with Gasteiger partial charge in [0.2, 0.25) is 0 Å². The van der Waals surface area contributed by atoms with Gasteiger partial charge in [0.15, 0.2) is 9.84 Å². The molecule has 2 atom stereocenters. The summed E-state index contributed by atoms with van der Waals surface area (Å²) in [5, 5.41) is 0. The molecule has 7 nitrogen and oxygen atoms in total. The molecule has 3 rings (SSSR count). The van der Waals surface area contributed by atoms with E-state index in [1.807, 2.05) is 30.3 Å². The first-order valence-corrected chi connectivity index (χ1v) is 10.8. The molecule has 2 unspecified atom stereocenters. The predicted octanol–water partition coefficient (Wildman–Crippen LogP) is 0.920. The van der Waals surface area contributed by atoms with Crippen LogP contribution in [0.3, 0.4) is 0 Å². The smallest absolute Gasteiger partial charge is 0.319 e. The van der Waals surface area contributed by atoms with Gasteiger partial charge in [-0.1, -0.05) is 18.2 Å². The van der Waals surface area contributed by atoms with Crippen LogP contribution >= 0.6 is 0 Å². The van der Waals surface area contributed by atoms with Crippen molar-refractivity contribution < 1.29 is 17.9 Å². The van der Waals surface area contributed by atoms with Gasteiger partial charge in [0, 0.05) is 39.8 Å². The summed E-state index contributed by atoms with van der Waals surface area (Å²) in [6, 6.07) is 9.18. The number of rotatable bonds is 5. The molecule has 0 aromatic heterocycles. The molecule has 1 aromatic rings. The third-order valence-corrected chi connectivity index (χ3v) is 6.72. The van der Waals surface area contributed by atoms with Crippen LogP contribution in [0.2, 0.25) is 0 Å². The molecule has 144 valence electrons. The number of amides is 2. The molecule has 0 bridgehead atoms. The second-order valence-electron chi connectivity index (χ2n) is 7.13. The second kappa shape index (κ2) is 7.84. The lowest BCUT2D eigenvalue weighted by Gasteiger charge is -2.44. The molecule has 2 saturated heterocycles. The average Bonchev–Trinajstić information content (AvgIpc) is 2.94. The van der Waals surface area contributed by atoms with Crippen molar-refractivity contribution >= 4 is 15.9 Å². The highest BCUT2D eigenvalue weighted by atomic mass is 32.2. The van der Waals surface area contributed by atoms with E-state index < -0.39 is 9.84 Å². The molecule has 2 aliphatic rings.